The van der Waals surface area contributed by atoms with Crippen molar-refractivity contribution < 1.29 is 14.3 Å². The van der Waals surface area contributed by atoms with Gasteiger partial charge in [-0.3, -0.25) is 9.78 Å². The highest BCUT2D eigenvalue weighted by Gasteiger charge is 2.54. The Balaban J connectivity index is 1.95. The molecule has 1 fully saturated rings. The predicted molar refractivity (Wildman–Crippen MR) is 87.6 cm³/mol. The first-order valence-electron chi connectivity index (χ1n) is 8.29. The minimum Gasteiger partial charge on any atom is -0.465 e. The van der Waals surface area contributed by atoms with Gasteiger partial charge in [0.25, 0.3) is 0 Å². The minimum absolute atomic E-state index is 0.0212. The van der Waals surface area contributed by atoms with Crippen molar-refractivity contribution in [1.29, 1.82) is 0 Å². The number of hydrogen-bond donors (Lipinski definition) is 0. The van der Waals surface area contributed by atoms with Gasteiger partial charge in [0.2, 0.25) is 0 Å². The second kappa shape index (κ2) is 6.08. The van der Waals surface area contributed by atoms with Crippen molar-refractivity contribution in [2.45, 2.75) is 33.8 Å². The maximum Gasteiger partial charge on any atom is 0.302 e. The SMILES string of the molecule is CC(=O)OC[C@]12CO[C@@H](c3cccnc3)[C@@H](C(C)=C[C@@H]1C)[C@H]2C. The monoisotopic (exact) mass is 315 g/mol. The van der Waals surface area contributed by atoms with Crippen molar-refractivity contribution in [3.63, 3.8) is 0 Å². The summed E-state index contributed by atoms with van der Waals surface area (Å²) >= 11 is 0. The molecule has 124 valence electrons. The van der Waals surface area contributed by atoms with Gasteiger partial charge >= 0.3 is 5.97 Å². The lowest BCUT2D eigenvalue weighted by Crippen LogP contribution is -2.54. The van der Waals surface area contributed by atoms with Crippen LogP contribution in [0.2, 0.25) is 0 Å². The molecule has 0 amide bonds. The van der Waals surface area contributed by atoms with Crippen molar-refractivity contribution in [2.24, 2.45) is 23.2 Å². The van der Waals surface area contributed by atoms with Gasteiger partial charge in [-0.05, 0) is 30.4 Å². The first-order valence-corrected chi connectivity index (χ1v) is 8.29. The van der Waals surface area contributed by atoms with Crippen LogP contribution >= 0.6 is 0 Å². The molecule has 0 unspecified atom stereocenters. The van der Waals surface area contributed by atoms with Gasteiger partial charge < -0.3 is 9.47 Å². The standard InChI is InChI=1S/C19H25NO3/c1-12-8-13(2)19(10-22-15(4)21)11-23-18(17(12)14(19)3)16-6-5-7-20-9-16/h5-9,13-14,17-18H,10-11H2,1-4H3/t13-,14+,17-,18-,19-/m0/s1. The Hall–Kier alpha value is -1.68. The lowest BCUT2D eigenvalue weighted by Gasteiger charge is -2.55. The van der Waals surface area contributed by atoms with E-state index in [1.807, 2.05) is 12.3 Å². The molecule has 23 heavy (non-hydrogen) atoms. The molecule has 1 saturated heterocycles. The number of fused-ring (bicyclic) bond motifs is 2. The number of pyridine rings is 1. The molecule has 0 saturated carbocycles. The average molecular weight is 315 g/mol. The Morgan fingerprint density at radius 1 is 1.48 bits per heavy atom. The Labute approximate surface area is 137 Å². The summed E-state index contributed by atoms with van der Waals surface area (Å²) in [5.74, 6) is 0.763. The van der Waals surface area contributed by atoms with Crippen LogP contribution in [-0.2, 0) is 14.3 Å². The fraction of sp³-hybridized carbons (Fsp3) is 0.579. The molecule has 1 aromatic heterocycles. The molecular formula is C19H25NO3. The largest absolute Gasteiger partial charge is 0.465 e. The summed E-state index contributed by atoms with van der Waals surface area (Å²) in [6, 6.07) is 4.03. The van der Waals surface area contributed by atoms with Crippen LogP contribution in [0, 0.1) is 23.2 Å². The average Bonchev–Trinajstić information content (AvgIpc) is 2.52. The van der Waals surface area contributed by atoms with Gasteiger partial charge in [-0.2, -0.15) is 0 Å². The molecule has 1 aliphatic carbocycles. The van der Waals surface area contributed by atoms with E-state index in [2.05, 4.69) is 37.9 Å². The van der Waals surface area contributed by atoms with E-state index in [0.29, 0.717) is 31.0 Å². The molecular weight excluding hydrogens is 290 g/mol. The number of rotatable bonds is 3. The Morgan fingerprint density at radius 3 is 2.91 bits per heavy atom. The number of carbonyl (C=O) groups excluding carboxylic acids is 1. The van der Waals surface area contributed by atoms with Crippen molar-refractivity contribution >= 4 is 5.97 Å². The number of nitrogens with zero attached hydrogens (tertiary/aromatic N) is 1. The van der Waals surface area contributed by atoms with E-state index in [4.69, 9.17) is 9.47 Å². The third-order valence-electron chi connectivity index (χ3n) is 5.81. The normalized spacial score (nSPS) is 36.3. The van der Waals surface area contributed by atoms with Gasteiger partial charge in [-0.25, -0.2) is 0 Å². The summed E-state index contributed by atoms with van der Waals surface area (Å²) in [5, 5.41) is 0. The minimum atomic E-state index is -0.226. The fourth-order valence-corrected chi connectivity index (χ4v) is 4.34. The highest BCUT2D eigenvalue weighted by molar-refractivity contribution is 5.66. The number of esters is 1. The Bertz CT molecular complexity index is 612. The highest BCUT2D eigenvalue weighted by Crippen LogP contribution is 2.56. The molecule has 2 aliphatic rings. The molecule has 0 N–H and O–H groups in total. The van der Waals surface area contributed by atoms with E-state index < -0.39 is 0 Å². The Morgan fingerprint density at radius 2 is 2.26 bits per heavy atom. The first-order chi connectivity index (χ1) is 11.0. The van der Waals surface area contributed by atoms with Crippen LogP contribution in [0.15, 0.2) is 36.2 Å². The number of hydrogen-bond acceptors (Lipinski definition) is 4. The van der Waals surface area contributed by atoms with Crippen molar-refractivity contribution in [2.75, 3.05) is 13.2 Å². The molecule has 0 aromatic carbocycles. The molecule has 2 bridgehead atoms. The van der Waals surface area contributed by atoms with Crippen molar-refractivity contribution in [3.8, 4) is 0 Å². The van der Waals surface area contributed by atoms with E-state index in [1.54, 1.807) is 6.20 Å². The van der Waals surface area contributed by atoms with Crippen LogP contribution in [0.1, 0.15) is 39.4 Å². The summed E-state index contributed by atoms with van der Waals surface area (Å²) < 4.78 is 11.7. The third kappa shape index (κ3) is 2.69. The van der Waals surface area contributed by atoms with Crippen LogP contribution in [0.25, 0.3) is 0 Å². The maximum absolute atomic E-state index is 11.3. The highest BCUT2D eigenvalue weighted by atomic mass is 16.5. The Kier molecular flexibility index (Phi) is 4.28. The topological polar surface area (TPSA) is 48.4 Å². The molecule has 0 radical (unpaired) electrons. The van der Waals surface area contributed by atoms with E-state index in [1.165, 1.54) is 12.5 Å². The second-order valence-corrected chi connectivity index (χ2v) is 7.05. The van der Waals surface area contributed by atoms with Gasteiger partial charge in [0.1, 0.15) is 0 Å². The molecule has 4 nitrogen and oxygen atoms in total. The molecule has 2 heterocycles. The molecule has 1 aromatic rings. The lowest BCUT2D eigenvalue weighted by atomic mass is 9.56. The van der Waals surface area contributed by atoms with Gasteiger partial charge in [0.05, 0.1) is 19.3 Å². The fourth-order valence-electron chi connectivity index (χ4n) is 4.34. The summed E-state index contributed by atoms with van der Waals surface area (Å²) in [4.78, 5) is 15.6. The quantitative estimate of drug-likeness (QED) is 0.632. The van der Waals surface area contributed by atoms with Crippen molar-refractivity contribution in [3.05, 3.63) is 41.7 Å². The molecule has 5 atom stereocenters. The lowest BCUT2D eigenvalue weighted by molar-refractivity contribution is -0.180. The summed E-state index contributed by atoms with van der Waals surface area (Å²) in [6.45, 7) is 9.15. The number of aromatic nitrogens is 1. The first kappa shape index (κ1) is 16.2. The molecule has 1 aliphatic heterocycles. The summed E-state index contributed by atoms with van der Waals surface area (Å²) in [6.07, 6.45) is 6.03. The maximum atomic E-state index is 11.3. The number of carbonyl (C=O) groups is 1. The number of ether oxygens (including phenoxy) is 2. The van der Waals surface area contributed by atoms with Crippen LogP contribution in [0.4, 0.5) is 0 Å². The zero-order valence-electron chi connectivity index (χ0n) is 14.3. The van der Waals surface area contributed by atoms with Gasteiger partial charge in [-0.1, -0.05) is 31.6 Å². The third-order valence-corrected chi connectivity index (χ3v) is 5.81. The van der Waals surface area contributed by atoms with Crippen LogP contribution in [-0.4, -0.2) is 24.2 Å². The second-order valence-electron chi connectivity index (χ2n) is 7.05. The van der Waals surface area contributed by atoms with Crippen molar-refractivity contribution in [1.82, 2.24) is 4.98 Å². The van der Waals surface area contributed by atoms with E-state index in [9.17, 15) is 4.79 Å². The predicted octanol–water partition coefficient (Wildman–Crippen LogP) is 3.55. The van der Waals surface area contributed by atoms with Gasteiger partial charge in [0, 0.05) is 30.7 Å². The van der Waals surface area contributed by atoms with Crippen LogP contribution in [0.5, 0.6) is 0 Å². The zero-order valence-corrected chi connectivity index (χ0v) is 14.3. The van der Waals surface area contributed by atoms with Crippen LogP contribution in [0.3, 0.4) is 0 Å². The van der Waals surface area contributed by atoms with Gasteiger partial charge in [-0.15, -0.1) is 0 Å². The van der Waals surface area contributed by atoms with Crippen LogP contribution < -0.4 is 0 Å². The molecule has 0 spiro atoms. The smallest absolute Gasteiger partial charge is 0.302 e. The van der Waals surface area contributed by atoms with E-state index in [0.717, 1.165) is 5.56 Å². The zero-order chi connectivity index (χ0) is 16.6. The number of allylic oxidation sites excluding steroid dienone is 1. The summed E-state index contributed by atoms with van der Waals surface area (Å²) in [7, 11) is 0. The van der Waals surface area contributed by atoms with E-state index in [-0.39, 0.29) is 17.5 Å². The van der Waals surface area contributed by atoms with Gasteiger partial charge in [0.15, 0.2) is 0 Å². The van der Waals surface area contributed by atoms with E-state index >= 15 is 0 Å². The molecule has 3 rings (SSSR count). The molecule has 4 heteroatoms. The summed E-state index contributed by atoms with van der Waals surface area (Å²) in [5.41, 5.74) is 2.33.